The lowest BCUT2D eigenvalue weighted by molar-refractivity contribution is 0.0787. The van der Waals surface area contributed by atoms with E-state index in [1.165, 1.54) is 5.56 Å². The molecule has 18 heavy (non-hydrogen) atoms. The van der Waals surface area contributed by atoms with Gasteiger partial charge in [0, 0.05) is 17.5 Å². The third-order valence-corrected chi connectivity index (χ3v) is 3.98. The van der Waals surface area contributed by atoms with Gasteiger partial charge in [-0.25, -0.2) is 0 Å². The summed E-state index contributed by atoms with van der Waals surface area (Å²) in [6.07, 6.45) is 3.80. The Morgan fingerprint density at radius 3 is 2.06 bits per heavy atom. The molecule has 0 amide bonds. The van der Waals surface area contributed by atoms with Crippen LogP contribution in [-0.4, -0.2) is 12.3 Å². The van der Waals surface area contributed by atoms with Gasteiger partial charge in [-0.1, -0.05) is 51.5 Å². The van der Waals surface area contributed by atoms with E-state index in [0.717, 1.165) is 31.2 Å². The molecule has 0 saturated carbocycles. The molecule has 0 saturated heterocycles. The third kappa shape index (κ3) is 2.99. The minimum absolute atomic E-state index is 0.193. The van der Waals surface area contributed by atoms with Gasteiger partial charge in [0.05, 0.1) is 0 Å². The Balaban J connectivity index is 2.95. The quantitative estimate of drug-likeness (QED) is 0.748. The molecule has 2 heteroatoms. The van der Waals surface area contributed by atoms with Crippen molar-refractivity contribution in [1.82, 2.24) is 0 Å². The first-order valence-corrected chi connectivity index (χ1v) is 6.97. The van der Waals surface area contributed by atoms with Crippen LogP contribution in [-0.2, 0) is 6.42 Å². The predicted octanol–water partition coefficient (Wildman–Crippen LogP) is 3.59. The van der Waals surface area contributed by atoms with Gasteiger partial charge in [0.15, 0.2) is 5.78 Å². The topological polar surface area (TPSA) is 43.1 Å². The number of Topliss-reactive ketones (excluding diaryl/α,β-unsaturated/α-hetero) is 1. The van der Waals surface area contributed by atoms with E-state index in [9.17, 15) is 4.79 Å². The maximum Gasteiger partial charge on any atom is 0.170 e. The van der Waals surface area contributed by atoms with Gasteiger partial charge in [0.1, 0.15) is 0 Å². The Morgan fingerprint density at radius 2 is 1.67 bits per heavy atom. The van der Waals surface area contributed by atoms with Crippen LogP contribution in [0.25, 0.3) is 0 Å². The van der Waals surface area contributed by atoms with Gasteiger partial charge < -0.3 is 5.73 Å². The molecule has 0 atom stereocenters. The fourth-order valence-electron chi connectivity index (χ4n) is 2.37. The van der Waals surface area contributed by atoms with E-state index in [1.54, 1.807) is 0 Å². The summed E-state index contributed by atoms with van der Waals surface area (Å²) in [5, 5.41) is 0. The molecule has 0 spiro atoms. The second kappa shape index (κ2) is 6.69. The smallest absolute Gasteiger partial charge is 0.170 e. The number of rotatable bonds is 7. The third-order valence-electron chi connectivity index (χ3n) is 3.98. The van der Waals surface area contributed by atoms with Crippen molar-refractivity contribution in [3.05, 3.63) is 35.4 Å². The van der Waals surface area contributed by atoms with E-state index in [-0.39, 0.29) is 11.2 Å². The molecule has 1 aromatic carbocycles. The second-order valence-electron chi connectivity index (χ2n) is 4.97. The molecule has 1 rings (SSSR count). The normalized spacial score (nSPS) is 11.6. The zero-order valence-electron chi connectivity index (χ0n) is 11.8. The summed E-state index contributed by atoms with van der Waals surface area (Å²) in [6, 6.07) is 8.01. The fourth-order valence-corrected chi connectivity index (χ4v) is 2.37. The fraction of sp³-hybridized carbons (Fsp3) is 0.562. The summed E-state index contributed by atoms with van der Waals surface area (Å²) in [5.41, 5.74) is 7.53. The molecular weight excluding hydrogens is 222 g/mol. The number of benzene rings is 1. The number of carbonyl (C=O) groups excluding carboxylic acids is 1. The van der Waals surface area contributed by atoms with Crippen molar-refractivity contribution in [1.29, 1.82) is 0 Å². The lowest BCUT2D eigenvalue weighted by Gasteiger charge is -2.28. The number of hydrogen-bond acceptors (Lipinski definition) is 2. The van der Waals surface area contributed by atoms with Crippen LogP contribution in [0.1, 0.15) is 56.0 Å². The Hall–Kier alpha value is -1.15. The van der Waals surface area contributed by atoms with Crippen LogP contribution in [0.5, 0.6) is 0 Å². The average Bonchev–Trinajstić information content (AvgIpc) is 2.42. The largest absolute Gasteiger partial charge is 0.329 e. The van der Waals surface area contributed by atoms with Gasteiger partial charge in [-0.15, -0.1) is 0 Å². The van der Waals surface area contributed by atoms with Crippen molar-refractivity contribution in [2.24, 2.45) is 11.1 Å². The van der Waals surface area contributed by atoms with Gasteiger partial charge in [-0.3, -0.25) is 4.79 Å². The highest BCUT2D eigenvalue weighted by Gasteiger charge is 2.33. The number of aryl methyl sites for hydroxylation is 1. The first-order valence-electron chi connectivity index (χ1n) is 6.97. The molecule has 0 radical (unpaired) electrons. The van der Waals surface area contributed by atoms with Crippen molar-refractivity contribution in [2.75, 3.05) is 6.54 Å². The molecule has 1 aromatic rings. The molecule has 0 aliphatic carbocycles. The first kappa shape index (κ1) is 14.9. The van der Waals surface area contributed by atoms with Crippen molar-refractivity contribution >= 4 is 5.78 Å². The summed E-state index contributed by atoms with van der Waals surface area (Å²) in [7, 11) is 0. The van der Waals surface area contributed by atoms with E-state index in [0.29, 0.717) is 6.54 Å². The molecule has 0 aliphatic rings. The Kier molecular flexibility index (Phi) is 5.54. The minimum Gasteiger partial charge on any atom is -0.329 e. The molecule has 100 valence electrons. The SMILES string of the molecule is CCCc1ccc(C(=O)C(CC)(CC)CN)cc1. The molecule has 2 N–H and O–H groups in total. The summed E-state index contributed by atoms with van der Waals surface area (Å²) in [5.74, 6) is 0.193. The highest BCUT2D eigenvalue weighted by molar-refractivity contribution is 6.00. The van der Waals surface area contributed by atoms with Gasteiger partial charge >= 0.3 is 0 Å². The van der Waals surface area contributed by atoms with E-state index in [1.807, 2.05) is 26.0 Å². The van der Waals surface area contributed by atoms with Gasteiger partial charge in [0.2, 0.25) is 0 Å². The lowest BCUT2D eigenvalue weighted by Crippen LogP contribution is -2.37. The zero-order valence-corrected chi connectivity index (χ0v) is 11.8. The van der Waals surface area contributed by atoms with Crippen LogP contribution < -0.4 is 5.73 Å². The Bertz CT molecular complexity index is 368. The Labute approximate surface area is 111 Å². The monoisotopic (exact) mass is 247 g/mol. The van der Waals surface area contributed by atoms with Crippen LogP contribution in [0.15, 0.2) is 24.3 Å². The average molecular weight is 247 g/mol. The zero-order chi connectivity index (χ0) is 13.6. The lowest BCUT2D eigenvalue weighted by atomic mass is 9.76. The van der Waals surface area contributed by atoms with Gasteiger partial charge in [-0.05, 0) is 24.8 Å². The maximum atomic E-state index is 12.5. The molecule has 2 nitrogen and oxygen atoms in total. The molecule has 0 heterocycles. The maximum absolute atomic E-state index is 12.5. The highest BCUT2D eigenvalue weighted by atomic mass is 16.1. The molecule has 0 aliphatic heterocycles. The molecular formula is C16H25NO. The number of hydrogen-bond donors (Lipinski definition) is 1. The van der Waals surface area contributed by atoms with Gasteiger partial charge in [-0.2, -0.15) is 0 Å². The summed E-state index contributed by atoms with van der Waals surface area (Å²) >= 11 is 0. The molecule has 0 unspecified atom stereocenters. The van der Waals surface area contributed by atoms with Crippen LogP contribution in [0.3, 0.4) is 0 Å². The Morgan fingerprint density at radius 1 is 1.11 bits per heavy atom. The van der Waals surface area contributed by atoms with Crippen LogP contribution in [0.2, 0.25) is 0 Å². The number of ketones is 1. The first-order chi connectivity index (χ1) is 8.63. The van der Waals surface area contributed by atoms with Gasteiger partial charge in [0.25, 0.3) is 0 Å². The van der Waals surface area contributed by atoms with Crippen LogP contribution in [0, 0.1) is 5.41 Å². The predicted molar refractivity (Wildman–Crippen MR) is 76.8 cm³/mol. The van der Waals surface area contributed by atoms with E-state index >= 15 is 0 Å². The molecule has 0 aromatic heterocycles. The number of nitrogens with two attached hydrogens (primary N) is 1. The van der Waals surface area contributed by atoms with Crippen molar-refractivity contribution < 1.29 is 4.79 Å². The molecule has 0 fully saturated rings. The summed E-state index contributed by atoms with van der Waals surface area (Å²) in [4.78, 5) is 12.5. The van der Waals surface area contributed by atoms with Crippen molar-refractivity contribution in [3.63, 3.8) is 0 Å². The van der Waals surface area contributed by atoms with Crippen LogP contribution in [0.4, 0.5) is 0 Å². The van der Waals surface area contributed by atoms with E-state index in [4.69, 9.17) is 5.73 Å². The minimum atomic E-state index is -0.383. The number of carbonyl (C=O) groups is 1. The standard InChI is InChI=1S/C16H25NO/c1-4-7-13-8-10-14(11-9-13)15(18)16(5-2,6-3)12-17/h8-11H,4-7,12,17H2,1-3H3. The van der Waals surface area contributed by atoms with Crippen molar-refractivity contribution in [2.45, 2.75) is 46.5 Å². The van der Waals surface area contributed by atoms with E-state index < -0.39 is 0 Å². The highest BCUT2D eigenvalue weighted by Crippen LogP contribution is 2.29. The summed E-state index contributed by atoms with van der Waals surface area (Å²) < 4.78 is 0. The molecule has 0 bridgehead atoms. The summed E-state index contributed by atoms with van der Waals surface area (Å²) in [6.45, 7) is 6.67. The van der Waals surface area contributed by atoms with E-state index in [2.05, 4.69) is 19.1 Å². The van der Waals surface area contributed by atoms with Crippen molar-refractivity contribution in [3.8, 4) is 0 Å². The second-order valence-corrected chi connectivity index (χ2v) is 4.97. The van der Waals surface area contributed by atoms with Crippen LogP contribution >= 0.6 is 0 Å².